The fourth-order valence-corrected chi connectivity index (χ4v) is 2.85. The number of thioether (sulfide) groups is 1. The van der Waals surface area contributed by atoms with E-state index in [-0.39, 0.29) is 6.61 Å². The minimum absolute atomic E-state index is 0.240. The maximum absolute atomic E-state index is 8.99. The smallest absolute Gasteiger partial charge is 0.0464 e. The van der Waals surface area contributed by atoms with Crippen molar-refractivity contribution < 1.29 is 5.11 Å². The summed E-state index contributed by atoms with van der Waals surface area (Å²) in [5.41, 5.74) is 1.17. The van der Waals surface area contributed by atoms with E-state index in [0.29, 0.717) is 12.0 Å². The maximum atomic E-state index is 8.99. The predicted molar refractivity (Wildman–Crippen MR) is 78.3 cm³/mol. The molecule has 2 rings (SSSR count). The van der Waals surface area contributed by atoms with Crippen molar-refractivity contribution in [3.8, 4) is 0 Å². The van der Waals surface area contributed by atoms with Gasteiger partial charge in [-0.25, -0.2) is 0 Å². The fourth-order valence-electron chi connectivity index (χ4n) is 1.59. The minimum atomic E-state index is 0.240. The van der Waals surface area contributed by atoms with Gasteiger partial charge in [0, 0.05) is 34.9 Å². The predicted octanol–water partition coefficient (Wildman–Crippen LogP) is 3.31. The summed E-state index contributed by atoms with van der Waals surface area (Å²) in [6.07, 6.45) is 2.59. The number of benzene rings is 1. The van der Waals surface area contributed by atoms with Crippen molar-refractivity contribution in [2.24, 2.45) is 5.92 Å². The first kappa shape index (κ1) is 14.2. The highest BCUT2D eigenvalue weighted by Crippen LogP contribution is 2.27. The van der Waals surface area contributed by atoms with Crippen molar-refractivity contribution in [2.45, 2.75) is 37.2 Å². The van der Waals surface area contributed by atoms with Gasteiger partial charge in [-0.2, -0.15) is 0 Å². The van der Waals surface area contributed by atoms with Gasteiger partial charge in [-0.05, 0) is 36.5 Å². The standard InChI is InChI=1S/C14H20ClNOS/c1-10(8-17)9-18-13-5-2-11(14(15)6-13)7-16-12-3-4-12/h2,5-6,10,12,16-17H,3-4,7-9H2,1H3. The van der Waals surface area contributed by atoms with E-state index in [1.165, 1.54) is 23.3 Å². The van der Waals surface area contributed by atoms with Crippen LogP contribution in [0.2, 0.25) is 5.02 Å². The Balaban J connectivity index is 1.87. The van der Waals surface area contributed by atoms with Gasteiger partial charge in [0.25, 0.3) is 0 Å². The average molecular weight is 286 g/mol. The van der Waals surface area contributed by atoms with Crippen molar-refractivity contribution in [1.82, 2.24) is 5.32 Å². The molecule has 0 aliphatic heterocycles. The van der Waals surface area contributed by atoms with E-state index < -0.39 is 0 Å². The second-order valence-corrected chi connectivity index (χ2v) is 6.51. The summed E-state index contributed by atoms with van der Waals surface area (Å²) in [6, 6.07) is 6.95. The van der Waals surface area contributed by atoms with Gasteiger partial charge in [0.1, 0.15) is 0 Å². The van der Waals surface area contributed by atoms with E-state index in [2.05, 4.69) is 17.4 Å². The van der Waals surface area contributed by atoms with Gasteiger partial charge in [-0.3, -0.25) is 0 Å². The van der Waals surface area contributed by atoms with Crippen LogP contribution < -0.4 is 5.32 Å². The average Bonchev–Trinajstić information content (AvgIpc) is 3.18. The molecule has 1 aliphatic rings. The second kappa shape index (κ2) is 6.80. The van der Waals surface area contributed by atoms with Gasteiger partial charge >= 0.3 is 0 Å². The zero-order chi connectivity index (χ0) is 13.0. The Kier molecular flexibility index (Phi) is 5.37. The molecule has 18 heavy (non-hydrogen) atoms. The molecular weight excluding hydrogens is 266 g/mol. The number of hydrogen-bond donors (Lipinski definition) is 2. The summed E-state index contributed by atoms with van der Waals surface area (Å²) in [4.78, 5) is 1.18. The fraction of sp³-hybridized carbons (Fsp3) is 0.571. The molecule has 1 aliphatic carbocycles. The Bertz CT molecular complexity index is 395. The van der Waals surface area contributed by atoms with Crippen molar-refractivity contribution in [3.05, 3.63) is 28.8 Å². The van der Waals surface area contributed by atoms with Gasteiger partial charge in [-0.1, -0.05) is 24.6 Å². The molecule has 0 aromatic heterocycles. The first-order chi connectivity index (χ1) is 8.69. The van der Waals surface area contributed by atoms with E-state index in [4.69, 9.17) is 16.7 Å². The van der Waals surface area contributed by atoms with Crippen molar-refractivity contribution in [1.29, 1.82) is 0 Å². The molecule has 1 aromatic rings. The zero-order valence-electron chi connectivity index (χ0n) is 10.7. The van der Waals surface area contributed by atoms with Crippen molar-refractivity contribution in [2.75, 3.05) is 12.4 Å². The number of aliphatic hydroxyl groups excluding tert-OH is 1. The van der Waals surface area contributed by atoms with Crippen molar-refractivity contribution in [3.63, 3.8) is 0 Å². The molecule has 2 nitrogen and oxygen atoms in total. The largest absolute Gasteiger partial charge is 0.396 e. The molecular formula is C14H20ClNOS. The number of aliphatic hydroxyl groups is 1. The minimum Gasteiger partial charge on any atom is -0.396 e. The lowest BCUT2D eigenvalue weighted by Gasteiger charge is -2.10. The highest BCUT2D eigenvalue weighted by Gasteiger charge is 2.20. The summed E-state index contributed by atoms with van der Waals surface area (Å²) in [5.74, 6) is 1.25. The summed E-state index contributed by atoms with van der Waals surface area (Å²) in [7, 11) is 0. The van der Waals surface area contributed by atoms with Crippen LogP contribution in [0.15, 0.2) is 23.1 Å². The van der Waals surface area contributed by atoms with Gasteiger partial charge in [-0.15, -0.1) is 11.8 Å². The van der Waals surface area contributed by atoms with E-state index in [9.17, 15) is 0 Å². The molecule has 4 heteroatoms. The molecule has 1 unspecified atom stereocenters. The monoisotopic (exact) mass is 285 g/mol. The van der Waals surface area contributed by atoms with Crippen LogP contribution in [0.4, 0.5) is 0 Å². The van der Waals surface area contributed by atoms with Gasteiger partial charge in [0.2, 0.25) is 0 Å². The third-order valence-electron chi connectivity index (χ3n) is 3.03. The van der Waals surface area contributed by atoms with Crippen LogP contribution >= 0.6 is 23.4 Å². The van der Waals surface area contributed by atoms with E-state index in [0.717, 1.165) is 17.3 Å². The molecule has 0 radical (unpaired) electrons. The van der Waals surface area contributed by atoms with Crippen LogP contribution in [0.3, 0.4) is 0 Å². The molecule has 0 spiro atoms. The molecule has 1 saturated carbocycles. The topological polar surface area (TPSA) is 32.3 Å². The lowest BCUT2D eigenvalue weighted by molar-refractivity contribution is 0.250. The summed E-state index contributed by atoms with van der Waals surface area (Å²) in [5, 5.41) is 13.3. The van der Waals surface area contributed by atoms with Crippen LogP contribution in [0.25, 0.3) is 0 Å². The first-order valence-electron chi connectivity index (χ1n) is 6.44. The molecule has 1 aromatic carbocycles. The first-order valence-corrected chi connectivity index (χ1v) is 7.81. The van der Waals surface area contributed by atoms with Gasteiger partial charge in [0.05, 0.1) is 0 Å². The quantitative estimate of drug-likeness (QED) is 0.754. The summed E-state index contributed by atoms with van der Waals surface area (Å²) in [6.45, 7) is 3.15. The van der Waals surface area contributed by atoms with Crippen LogP contribution in [-0.2, 0) is 6.54 Å². The Morgan fingerprint density at radius 1 is 1.50 bits per heavy atom. The number of hydrogen-bond acceptors (Lipinski definition) is 3. The lowest BCUT2D eigenvalue weighted by Crippen LogP contribution is -2.15. The second-order valence-electron chi connectivity index (χ2n) is 5.01. The number of nitrogens with one attached hydrogen (secondary N) is 1. The third kappa shape index (κ3) is 4.47. The maximum Gasteiger partial charge on any atom is 0.0464 e. The Hall–Kier alpha value is -0.220. The van der Waals surface area contributed by atoms with E-state index >= 15 is 0 Å². The van der Waals surface area contributed by atoms with E-state index in [1.54, 1.807) is 11.8 Å². The molecule has 2 N–H and O–H groups in total. The van der Waals surface area contributed by atoms with Crippen LogP contribution in [0.1, 0.15) is 25.3 Å². The van der Waals surface area contributed by atoms with E-state index in [1.807, 2.05) is 13.0 Å². The number of rotatable bonds is 7. The van der Waals surface area contributed by atoms with Crippen LogP contribution in [-0.4, -0.2) is 23.5 Å². The Morgan fingerprint density at radius 3 is 2.89 bits per heavy atom. The highest BCUT2D eigenvalue weighted by atomic mass is 35.5. The molecule has 0 heterocycles. The molecule has 100 valence electrons. The molecule has 1 atom stereocenters. The third-order valence-corrected chi connectivity index (χ3v) is 4.70. The molecule has 0 amide bonds. The summed E-state index contributed by atoms with van der Waals surface area (Å²) < 4.78 is 0. The Morgan fingerprint density at radius 2 is 2.28 bits per heavy atom. The molecule has 1 fully saturated rings. The number of halogens is 1. The summed E-state index contributed by atoms with van der Waals surface area (Å²) >= 11 is 8.03. The lowest BCUT2D eigenvalue weighted by atomic mass is 10.2. The molecule has 0 bridgehead atoms. The van der Waals surface area contributed by atoms with Gasteiger partial charge < -0.3 is 10.4 Å². The Labute approximate surface area is 118 Å². The highest BCUT2D eigenvalue weighted by molar-refractivity contribution is 7.99. The molecule has 0 saturated heterocycles. The van der Waals surface area contributed by atoms with Crippen LogP contribution in [0, 0.1) is 5.92 Å². The normalized spacial score (nSPS) is 16.8. The van der Waals surface area contributed by atoms with Crippen LogP contribution in [0.5, 0.6) is 0 Å². The van der Waals surface area contributed by atoms with Gasteiger partial charge in [0.15, 0.2) is 0 Å². The SMILES string of the molecule is CC(CO)CSc1ccc(CNC2CC2)c(Cl)c1. The zero-order valence-corrected chi connectivity index (χ0v) is 12.2. The van der Waals surface area contributed by atoms with Crippen molar-refractivity contribution >= 4 is 23.4 Å².